The van der Waals surface area contributed by atoms with Crippen LogP contribution in [0.1, 0.15) is 32.1 Å². The summed E-state index contributed by atoms with van der Waals surface area (Å²) in [5.41, 5.74) is 5.27. The Morgan fingerprint density at radius 3 is 2.50 bits per heavy atom. The largest absolute Gasteiger partial charge is 0.480 e. The van der Waals surface area contributed by atoms with Gasteiger partial charge in [-0.25, -0.2) is 4.79 Å². The van der Waals surface area contributed by atoms with Crippen LogP contribution in [0.4, 0.5) is 10.5 Å². The van der Waals surface area contributed by atoms with E-state index in [0.29, 0.717) is 23.6 Å². The van der Waals surface area contributed by atoms with Gasteiger partial charge in [-0.2, -0.15) is 0 Å². The number of rotatable bonds is 3. The Balaban J connectivity index is 0.000000289. The maximum absolute atomic E-state index is 11.2. The van der Waals surface area contributed by atoms with E-state index in [2.05, 4.69) is 17.2 Å². The summed E-state index contributed by atoms with van der Waals surface area (Å²) >= 11 is 11.1. The minimum Gasteiger partial charge on any atom is -0.480 e. The minimum atomic E-state index is -0.905. The topological polar surface area (TPSA) is 102 Å². The number of halogens is 2. The van der Waals surface area contributed by atoms with Crippen molar-refractivity contribution in [1.29, 1.82) is 0 Å². The van der Waals surface area contributed by atoms with Gasteiger partial charge in [0.1, 0.15) is 5.54 Å². The highest BCUT2D eigenvalue weighted by Gasteiger charge is 2.34. The summed E-state index contributed by atoms with van der Waals surface area (Å²) in [4.78, 5) is 21.8. The molecule has 0 saturated heterocycles. The number of anilines is 1. The number of carbonyl (C=O) groups is 2. The Morgan fingerprint density at radius 1 is 1.27 bits per heavy atom. The number of aliphatic carboxylic acids is 1. The van der Waals surface area contributed by atoms with Crippen LogP contribution in [-0.4, -0.2) is 35.2 Å². The molecule has 26 heavy (non-hydrogen) atoms. The lowest BCUT2D eigenvalue weighted by atomic mass is 9.83. The summed E-state index contributed by atoms with van der Waals surface area (Å²) in [5, 5.41) is 11.7. The van der Waals surface area contributed by atoms with E-state index in [0.717, 1.165) is 19.3 Å². The average molecular weight is 401 g/mol. The quantitative estimate of drug-likeness (QED) is 0.527. The van der Waals surface area contributed by atoms with Crippen molar-refractivity contribution in [2.75, 3.05) is 17.8 Å². The van der Waals surface area contributed by atoms with E-state index < -0.39 is 17.6 Å². The van der Waals surface area contributed by atoms with Crippen LogP contribution >= 0.6 is 23.2 Å². The van der Waals surface area contributed by atoms with E-state index in [1.165, 1.54) is 0 Å². The predicted octanol–water partition coefficient (Wildman–Crippen LogP) is 3.86. The van der Waals surface area contributed by atoms with Gasteiger partial charge in [-0.3, -0.25) is 10.1 Å². The van der Waals surface area contributed by atoms with Crippen LogP contribution in [0, 0.1) is 11.8 Å². The van der Waals surface area contributed by atoms with Gasteiger partial charge in [0.05, 0.1) is 5.88 Å². The number of benzene rings is 1. The molecule has 0 aromatic heterocycles. The Labute approximate surface area is 163 Å². The third-order valence-corrected chi connectivity index (χ3v) is 4.08. The Bertz CT molecular complexity index is 665. The number of carbonyl (C=O) groups excluding carboxylic acids is 1. The van der Waals surface area contributed by atoms with Crippen LogP contribution in [0.5, 0.6) is 0 Å². The molecule has 1 aromatic carbocycles. The lowest BCUT2D eigenvalue weighted by molar-refractivity contribution is -0.144. The molecule has 4 N–H and O–H groups in total. The van der Waals surface area contributed by atoms with Crippen molar-refractivity contribution in [2.24, 2.45) is 5.73 Å². The molecule has 0 spiro atoms. The fourth-order valence-electron chi connectivity index (χ4n) is 2.32. The van der Waals surface area contributed by atoms with Gasteiger partial charge in [-0.15, -0.1) is 11.6 Å². The molecule has 6 nitrogen and oxygen atoms in total. The van der Waals surface area contributed by atoms with E-state index in [-0.39, 0.29) is 12.5 Å². The van der Waals surface area contributed by atoms with Crippen LogP contribution in [0.3, 0.4) is 0 Å². The van der Waals surface area contributed by atoms with Crippen molar-refractivity contribution < 1.29 is 19.4 Å². The molecule has 1 saturated carbocycles. The molecule has 0 atom stereocenters. The third-order valence-electron chi connectivity index (χ3n) is 3.71. The molecular formula is C18H22Cl2N2O4. The molecule has 2 rings (SSSR count). The summed E-state index contributed by atoms with van der Waals surface area (Å²) in [6.45, 7) is 0.0130. The summed E-state index contributed by atoms with van der Waals surface area (Å²) in [6.07, 6.45) is 3.76. The highest BCUT2D eigenvalue weighted by Crippen LogP contribution is 2.25. The fourth-order valence-corrected chi connectivity index (χ4v) is 2.60. The summed E-state index contributed by atoms with van der Waals surface area (Å²) in [6, 6.07) is 6.76. The second-order valence-corrected chi connectivity index (χ2v) is 6.42. The van der Waals surface area contributed by atoms with E-state index in [1.807, 2.05) is 0 Å². The van der Waals surface area contributed by atoms with Crippen molar-refractivity contribution in [3.63, 3.8) is 0 Å². The monoisotopic (exact) mass is 400 g/mol. The van der Waals surface area contributed by atoms with Crippen LogP contribution < -0.4 is 11.1 Å². The lowest BCUT2D eigenvalue weighted by Crippen LogP contribution is -2.49. The molecule has 142 valence electrons. The maximum atomic E-state index is 11.2. The van der Waals surface area contributed by atoms with Gasteiger partial charge in [0.2, 0.25) is 0 Å². The lowest BCUT2D eigenvalue weighted by Gasteiger charge is -2.28. The molecular weight excluding hydrogens is 379 g/mol. The van der Waals surface area contributed by atoms with Gasteiger partial charge < -0.3 is 15.6 Å². The number of amides is 1. The normalized spacial score (nSPS) is 14.7. The highest BCUT2D eigenvalue weighted by molar-refractivity contribution is 6.30. The van der Waals surface area contributed by atoms with Crippen molar-refractivity contribution in [1.82, 2.24) is 0 Å². The van der Waals surface area contributed by atoms with E-state index in [9.17, 15) is 9.59 Å². The Hall–Kier alpha value is -1.94. The average Bonchev–Trinajstić information content (AvgIpc) is 2.60. The van der Waals surface area contributed by atoms with Crippen molar-refractivity contribution >= 4 is 41.0 Å². The molecule has 1 amide bonds. The van der Waals surface area contributed by atoms with Crippen LogP contribution in [0.15, 0.2) is 24.3 Å². The molecule has 0 aliphatic heterocycles. The molecule has 0 heterocycles. The number of hydrogen-bond acceptors (Lipinski definition) is 4. The van der Waals surface area contributed by atoms with E-state index in [4.69, 9.17) is 38.8 Å². The van der Waals surface area contributed by atoms with Gasteiger partial charge in [0, 0.05) is 10.7 Å². The standard InChI is InChI=1S/C11H9Cl2NO2.C7H13NO2/c12-6-1-2-7-16-11(15)14-10-5-3-4-9(13)8-10;8-7(6(9)10)4-2-1-3-5-7/h3-5,8H,6-7H2,(H,14,15);1-5,8H2,(H,9,10). The first-order valence-corrected chi connectivity index (χ1v) is 9.02. The van der Waals surface area contributed by atoms with Crippen LogP contribution in [-0.2, 0) is 9.53 Å². The van der Waals surface area contributed by atoms with E-state index in [1.54, 1.807) is 24.3 Å². The molecule has 0 radical (unpaired) electrons. The zero-order valence-corrected chi connectivity index (χ0v) is 15.8. The zero-order valence-electron chi connectivity index (χ0n) is 14.3. The van der Waals surface area contributed by atoms with Crippen LogP contribution in [0.25, 0.3) is 0 Å². The van der Waals surface area contributed by atoms with Gasteiger partial charge >= 0.3 is 12.1 Å². The van der Waals surface area contributed by atoms with Gasteiger partial charge in [0.15, 0.2) is 6.61 Å². The molecule has 1 aliphatic carbocycles. The number of ether oxygens (including phenoxy) is 1. The van der Waals surface area contributed by atoms with Crippen LogP contribution in [0.2, 0.25) is 5.02 Å². The molecule has 8 heteroatoms. The first-order chi connectivity index (χ1) is 12.4. The first-order valence-electron chi connectivity index (χ1n) is 8.11. The summed E-state index contributed by atoms with van der Waals surface area (Å²) in [5.74, 6) is 4.52. The fraction of sp³-hybridized carbons (Fsp3) is 0.444. The smallest absolute Gasteiger partial charge is 0.412 e. The highest BCUT2D eigenvalue weighted by atomic mass is 35.5. The number of hydrogen-bond donors (Lipinski definition) is 3. The first kappa shape index (κ1) is 22.1. The molecule has 1 fully saturated rings. The van der Waals surface area contributed by atoms with E-state index >= 15 is 0 Å². The minimum absolute atomic E-state index is 0.0130. The summed E-state index contributed by atoms with van der Waals surface area (Å²) in [7, 11) is 0. The van der Waals surface area contributed by atoms with Crippen molar-refractivity contribution in [2.45, 2.75) is 37.6 Å². The molecule has 0 unspecified atom stereocenters. The van der Waals surface area contributed by atoms with Gasteiger partial charge in [-0.05, 0) is 31.0 Å². The zero-order chi connectivity index (χ0) is 19.4. The Morgan fingerprint density at radius 2 is 1.96 bits per heavy atom. The number of carboxylic acid groups (broad SMARTS) is 1. The number of nitrogens with one attached hydrogen (secondary N) is 1. The third kappa shape index (κ3) is 8.43. The molecule has 0 bridgehead atoms. The second-order valence-electron chi connectivity index (χ2n) is 5.72. The summed E-state index contributed by atoms with van der Waals surface area (Å²) < 4.78 is 4.76. The maximum Gasteiger partial charge on any atom is 0.412 e. The van der Waals surface area contributed by atoms with Gasteiger partial charge in [0.25, 0.3) is 0 Å². The van der Waals surface area contributed by atoms with Crippen molar-refractivity contribution in [3.05, 3.63) is 29.3 Å². The SMILES string of the molecule is NC1(C(=O)O)CCCCC1.O=C(Nc1cccc(Cl)c1)OCC#CCCl. The second kappa shape index (κ2) is 11.6. The molecule has 1 aliphatic rings. The number of nitrogens with two attached hydrogens (primary N) is 1. The van der Waals surface area contributed by atoms with Crippen molar-refractivity contribution in [3.8, 4) is 11.8 Å². The number of carboxylic acids is 1. The number of alkyl halides is 1. The molecule has 1 aromatic rings. The predicted molar refractivity (Wildman–Crippen MR) is 103 cm³/mol. The van der Waals surface area contributed by atoms with Gasteiger partial charge in [-0.1, -0.05) is 48.8 Å². The Kier molecular flexibility index (Phi) is 9.89.